The number of halogens is 2. The summed E-state index contributed by atoms with van der Waals surface area (Å²) in [6, 6.07) is 13.1. The average molecular weight is 1090 g/mol. The van der Waals surface area contributed by atoms with Crippen LogP contribution in [0.5, 0.6) is 0 Å². The minimum absolute atomic E-state index is 0.0392. The lowest BCUT2D eigenvalue weighted by Crippen LogP contribution is -2.34. The minimum Gasteiger partial charge on any atom is -0.306 e. The molecule has 0 bridgehead atoms. The molecule has 4 aromatic rings. The van der Waals surface area contributed by atoms with E-state index in [0.717, 1.165) is 79.6 Å². The van der Waals surface area contributed by atoms with Crippen LogP contribution in [0.25, 0.3) is 31.3 Å². The van der Waals surface area contributed by atoms with Gasteiger partial charge in [0.15, 0.2) is 0 Å². The molecule has 0 aliphatic carbocycles. The van der Waals surface area contributed by atoms with Gasteiger partial charge >= 0.3 is 0 Å². The number of carbonyl (C=O) groups is 2. The summed E-state index contributed by atoms with van der Waals surface area (Å²) in [7, 11) is 0. The Labute approximate surface area is 438 Å². The highest BCUT2D eigenvalue weighted by Crippen LogP contribution is 2.56. The fourth-order valence-electron chi connectivity index (χ4n) is 11.2. The number of nitrogens with zero attached hydrogens (tertiary/aromatic N) is 2. The van der Waals surface area contributed by atoms with Crippen molar-refractivity contribution in [3.63, 3.8) is 0 Å². The number of hydrogen-bond donors (Lipinski definition) is 0. The largest absolute Gasteiger partial charge is 0.306 e. The Balaban J connectivity index is 1.32. The Morgan fingerprint density at radius 2 is 0.691 bits per heavy atom. The summed E-state index contributed by atoms with van der Waals surface area (Å²) >= 11 is 11.0. The van der Waals surface area contributed by atoms with Crippen LogP contribution in [0.4, 0.5) is 11.4 Å². The zero-order valence-corrected chi connectivity index (χ0v) is 47.7. The monoisotopic (exact) mass is 1090 g/mol. The molecule has 0 radical (unpaired) electrons. The SMILES string of the molecule is CCCCCCCCCCC(CCCCCCCC)CN1C(=O)/C(=C2/C(=O)N(CC(CCCCCCCC)CCCCCCCCCC)c3c2sc2cc(Br)ccc32)c2sc3cc(Br)ccc3c21. The Hall–Kier alpha value is -2.00. The van der Waals surface area contributed by atoms with Crippen LogP contribution in [0.1, 0.15) is 243 Å². The summed E-state index contributed by atoms with van der Waals surface area (Å²) in [5.74, 6) is 0.939. The van der Waals surface area contributed by atoms with Gasteiger partial charge in [-0.25, -0.2) is 0 Å². The number of thiophene rings is 2. The molecule has 2 aliphatic heterocycles. The van der Waals surface area contributed by atoms with Crippen LogP contribution in [-0.4, -0.2) is 24.9 Å². The van der Waals surface area contributed by atoms with Crippen LogP contribution in [0, 0.1) is 11.8 Å². The minimum atomic E-state index is 0.0392. The molecule has 0 spiro atoms. The summed E-state index contributed by atoms with van der Waals surface area (Å²) in [5, 5.41) is 2.27. The third-order valence-corrected chi connectivity index (χ3v) is 18.5. The molecule has 2 atom stereocenters. The molecule has 8 heteroatoms. The van der Waals surface area contributed by atoms with Gasteiger partial charge in [0.1, 0.15) is 0 Å². The van der Waals surface area contributed by atoms with Gasteiger partial charge in [0.05, 0.1) is 32.3 Å². The quantitative estimate of drug-likeness (QED) is 0.0336. The lowest BCUT2D eigenvalue weighted by atomic mass is 9.93. The van der Waals surface area contributed by atoms with Gasteiger partial charge in [0, 0.05) is 42.2 Å². The van der Waals surface area contributed by atoms with E-state index < -0.39 is 0 Å². The fourth-order valence-corrected chi connectivity index (χ4v) is 14.8. The number of rotatable bonds is 36. The van der Waals surface area contributed by atoms with Crippen molar-refractivity contribution in [1.82, 2.24) is 0 Å². The van der Waals surface area contributed by atoms with E-state index >= 15 is 9.59 Å². The van der Waals surface area contributed by atoms with Gasteiger partial charge in [-0.2, -0.15) is 0 Å². The van der Waals surface area contributed by atoms with E-state index in [1.807, 2.05) is 0 Å². The molecule has 2 aromatic carbocycles. The molecule has 68 heavy (non-hydrogen) atoms. The van der Waals surface area contributed by atoms with Crippen molar-refractivity contribution < 1.29 is 9.59 Å². The van der Waals surface area contributed by atoms with Gasteiger partial charge < -0.3 is 9.80 Å². The van der Waals surface area contributed by atoms with Crippen LogP contribution >= 0.6 is 54.5 Å². The first-order valence-electron chi connectivity index (χ1n) is 28.1. The Morgan fingerprint density at radius 3 is 0.985 bits per heavy atom. The van der Waals surface area contributed by atoms with Crippen molar-refractivity contribution >= 4 is 109 Å². The molecule has 4 nitrogen and oxygen atoms in total. The van der Waals surface area contributed by atoms with Gasteiger partial charge in [-0.15, -0.1) is 22.7 Å². The highest BCUT2D eigenvalue weighted by Gasteiger charge is 2.46. The van der Waals surface area contributed by atoms with Gasteiger partial charge in [0.2, 0.25) is 0 Å². The second-order valence-electron chi connectivity index (χ2n) is 20.8. The Bertz CT molecular complexity index is 2040. The molecule has 0 saturated heterocycles. The molecule has 376 valence electrons. The molecule has 2 amide bonds. The van der Waals surface area contributed by atoms with Gasteiger partial charge in [-0.1, -0.05) is 251 Å². The summed E-state index contributed by atoms with van der Waals surface area (Å²) in [5.41, 5.74) is 3.39. The smallest absolute Gasteiger partial charge is 0.260 e. The molecular weight excluding hydrogens is 1000 g/mol. The fraction of sp³-hybridized carbons (Fsp3) is 0.667. The molecule has 2 aromatic heterocycles. The van der Waals surface area contributed by atoms with Crippen LogP contribution in [0.15, 0.2) is 45.3 Å². The first kappa shape index (κ1) is 55.3. The van der Waals surface area contributed by atoms with E-state index in [2.05, 4.69) is 106 Å². The van der Waals surface area contributed by atoms with Crippen molar-refractivity contribution in [1.29, 1.82) is 0 Å². The second kappa shape index (κ2) is 30.1. The van der Waals surface area contributed by atoms with E-state index in [9.17, 15) is 0 Å². The molecule has 0 fully saturated rings. The molecule has 2 unspecified atom stereocenters. The second-order valence-corrected chi connectivity index (χ2v) is 24.7. The first-order chi connectivity index (χ1) is 33.3. The number of hydrogen-bond acceptors (Lipinski definition) is 4. The maximum absolute atomic E-state index is 15.6. The predicted molar refractivity (Wildman–Crippen MR) is 308 cm³/mol. The number of fused-ring (bicyclic) bond motifs is 6. The van der Waals surface area contributed by atoms with Crippen LogP contribution < -0.4 is 9.80 Å². The molecule has 6 rings (SSSR count). The molecule has 0 saturated carbocycles. The Kier molecular flexibility index (Phi) is 24.5. The normalized spacial score (nSPS) is 15.7. The number of anilines is 2. The van der Waals surface area contributed by atoms with Crippen molar-refractivity contribution in [3.05, 3.63) is 55.1 Å². The number of benzene rings is 2. The highest BCUT2D eigenvalue weighted by molar-refractivity contribution is 9.10. The summed E-state index contributed by atoms with van der Waals surface area (Å²) in [6.07, 6.45) is 41.0. The van der Waals surface area contributed by atoms with Gasteiger partial charge in [-0.3, -0.25) is 9.59 Å². The van der Waals surface area contributed by atoms with E-state index in [0.29, 0.717) is 23.0 Å². The molecular formula is C60H88Br2N2O2S2. The lowest BCUT2D eigenvalue weighted by molar-refractivity contribution is -0.114. The van der Waals surface area contributed by atoms with E-state index in [1.54, 1.807) is 22.7 Å². The predicted octanol–water partition coefficient (Wildman–Crippen LogP) is 21.0. The van der Waals surface area contributed by atoms with Crippen molar-refractivity contribution in [2.24, 2.45) is 11.8 Å². The maximum atomic E-state index is 15.6. The number of amides is 2. The summed E-state index contributed by atoms with van der Waals surface area (Å²) in [4.78, 5) is 37.5. The van der Waals surface area contributed by atoms with Crippen molar-refractivity contribution in [2.75, 3.05) is 22.9 Å². The van der Waals surface area contributed by atoms with E-state index in [-0.39, 0.29) is 11.8 Å². The Morgan fingerprint density at radius 1 is 0.412 bits per heavy atom. The third kappa shape index (κ3) is 15.5. The number of unbranched alkanes of at least 4 members (excludes halogenated alkanes) is 24. The molecule has 0 N–H and O–H groups in total. The topological polar surface area (TPSA) is 40.6 Å². The van der Waals surface area contributed by atoms with E-state index in [4.69, 9.17) is 0 Å². The third-order valence-electron chi connectivity index (χ3n) is 15.2. The summed E-state index contributed by atoms with van der Waals surface area (Å²) in [6.45, 7) is 10.6. The maximum Gasteiger partial charge on any atom is 0.260 e. The first-order valence-corrected chi connectivity index (χ1v) is 31.4. The average Bonchev–Trinajstić information content (AvgIpc) is 4.03. The van der Waals surface area contributed by atoms with Crippen molar-refractivity contribution in [3.8, 4) is 0 Å². The van der Waals surface area contributed by atoms with Crippen LogP contribution in [0.3, 0.4) is 0 Å². The lowest BCUT2D eigenvalue weighted by Gasteiger charge is -2.25. The zero-order chi connectivity index (χ0) is 48.1. The highest BCUT2D eigenvalue weighted by atomic mass is 79.9. The molecule has 2 aliphatic rings. The molecule has 4 heterocycles. The number of carbonyl (C=O) groups excluding carboxylic acids is 2. The van der Waals surface area contributed by atoms with Gasteiger partial charge in [0.25, 0.3) is 11.8 Å². The van der Waals surface area contributed by atoms with Crippen LogP contribution in [0.2, 0.25) is 0 Å². The zero-order valence-electron chi connectivity index (χ0n) is 42.9. The van der Waals surface area contributed by atoms with Crippen molar-refractivity contribution in [2.45, 2.75) is 233 Å². The van der Waals surface area contributed by atoms with Crippen LogP contribution in [-0.2, 0) is 9.59 Å². The van der Waals surface area contributed by atoms with E-state index in [1.165, 1.54) is 189 Å². The standard InChI is InChI=1S/C60H88Br2N2O2S2/c1-5-9-13-17-21-23-27-31-35-45(33-29-25-19-15-11-7-3)43-63-55-49-39-37-47(61)41-51(49)67-57(55)53(59(63)65)54-58-56(50-40-38-48(62)42-52(50)68-58)64(60(54)66)44-46(34-30-26-20-16-12-8-4)36-32-28-24-22-18-14-10-6-2/h37-42,45-46H,5-36,43-44H2,1-4H3/b54-53+. The van der Waals surface area contributed by atoms with Gasteiger partial charge in [-0.05, 0) is 61.8 Å². The summed E-state index contributed by atoms with van der Waals surface area (Å²) < 4.78 is 4.42.